The molecule has 0 aliphatic heterocycles. The molecule has 2 amide bonds. The van der Waals surface area contributed by atoms with Gasteiger partial charge in [-0.1, -0.05) is 38.1 Å². The van der Waals surface area contributed by atoms with Crippen LogP contribution in [0.5, 0.6) is 0 Å². The van der Waals surface area contributed by atoms with Crippen molar-refractivity contribution in [1.82, 2.24) is 0 Å². The van der Waals surface area contributed by atoms with E-state index in [1.807, 2.05) is 32.0 Å². The highest BCUT2D eigenvalue weighted by Gasteiger charge is 2.19. The first-order chi connectivity index (χ1) is 12.8. The van der Waals surface area contributed by atoms with E-state index in [1.165, 1.54) is 0 Å². The molecule has 0 aliphatic carbocycles. The monoisotopic (exact) mass is 366 g/mol. The van der Waals surface area contributed by atoms with Crippen LogP contribution in [0, 0.1) is 13.8 Å². The molecule has 0 spiro atoms. The molecule has 0 atom stereocenters. The maximum Gasteiger partial charge on any atom is 0.226 e. The zero-order valence-electron chi connectivity index (χ0n) is 17.1. The molecule has 2 rings (SSSR count). The number of aryl methyl sites for hydroxylation is 4. The molecule has 0 saturated heterocycles. The number of hydrogen-bond donors (Lipinski definition) is 1. The van der Waals surface area contributed by atoms with E-state index in [4.69, 9.17) is 0 Å². The molecule has 1 N–H and O–H groups in total. The van der Waals surface area contributed by atoms with Gasteiger partial charge in [0.2, 0.25) is 11.8 Å². The van der Waals surface area contributed by atoms with E-state index >= 15 is 0 Å². The van der Waals surface area contributed by atoms with Gasteiger partial charge in [0.1, 0.15) is 0 Å². The lowest BCUT2D eigenvalue weighted by molar-refractivity contribution is -0.117. The van der Waals surface area contributed by atoms with Gasteiger partial charge in [0.25, 0.3) is 0 Å². The van der Waals surface area contributed by atoms with E-state index in [9.17, 15) is 9.59 Å². The lowest BCUT2D eigenvalue weighted by Crippen LogP contribution is -2.33. The summed E-state index contributed by atoms with van der Waals surface area (Å²) < 4.78 is 0. The lowest BCUT2D eigenvalue weighted by Gasteiger charge is -2.26. The van der Waals surface area contributed by atoms with E-state index in [2.05, 4.69) is 37.4 Å². The lowest BCUT2D eigenvalue weighted by atomic mass is 10.0. The molecule has 0 saturated carbocycles. The maximum atomic E-state index is 12.5. The fourth-order valence-electron chi connectivity index (χ4n) is 3.47. The predicted octanol–water partition coefficient (Wildman–Crippen LogP) is 4.81. The minimum Gasteiger partial charge on any atom is -0.326 e. The van der Waals surface area contributed by atoms with Crippen LogP contribution in [0.15, 0.2) is 36.4 Å². The van der Waals surface area contributed by atoms with Crippen LogP contribution in [0.1, 0.15) is 49.4 Å². The Labute approximate surface area is 162 Å². The molecule has 4 heteroatoms. The highest BCUT2D eigenvalue weighted by molar-refractivity contribution is 5.96. The van der Waals surface area contributed by atoms with E-state index < -0.39 is 0 Å². The zero-order valence-corrected chi connectivity index (χ0v) is 17.1. The Hall–Kier alpha value is -2.62. The first-order valence-corrected chi connectivity index (χ1v) is 9.62. The van der Waals surface area contributed by atoms with Crippen LogP contribution in [0.25, 0.3) is 0 Å². The molecule has 4 nitrogen and oxygen atoms in total. The SMILES string of the molecule is CCc1cccc(CC)c1N(CCC(=O)Nc1cc(C)cc(C)c1)C(C)=O. The van der Waals surface area contributed by atoms with E-state index in [0.29, 0.717) is 6.54 Å². The summed E-state index contributed by atoms with van der Waals surface area (Å²) in [5.74, 6) is -0.122. The maximum absolute atomic E-state index is 12.5. The fraction of sp³-hybridized carbons (Fsp3) is 0.391. The number of para-hydroxylation sites is 1. The molecule has 0 heterocycles. The molecule has 27 heavy (non-hydrogen) atoms. The molecular weight excluding hydrogens is 336 g/mol. The third-order valence-electron chi connectivity index (χ3n) is 4.68. The van der Waals surface area contributed by atoms with Gasteiger partial charge in [-0.3, -0.25) is 9.59 Å². The third kappa shape index (κ3) is 5.43. The Kier molecular flexibility index (Phi) is 7.17. The van der Waals surface area contributed by atoms with Crippen molar-refractivity contribution in [2.24, 2.45) is 0 Å². The zero-order chi connectivity index (χ0) is 20.0. The second kappa shape index (κ2) is 9.36. The van der Waals surface area contributed by atoms with Gasteiger partial charge in [0.15, 0.2) is 0 Å². The molecule has 0 unspecified atom stereocenters. The van der Waals surface area contributed by atoms with Crippen LogP contribution in [-0.4, -0.2) is 18.4 Å². The van der Waals surface area contributed by atoms with Crippen molar-refractivity contribution in [2.45, 2.75) is 53.9 Å². The van der Waals surface area contributed by atoms with Gasteiger partial charge < -0.3 is 10.2 Å². The standard InChI is InChI=1S/C23H30N2O2/c1-6-19-9-8-10-20(7-2)23(19)25(18(5)26)12-11-22(27)24-21-14-16(3)13-17(4)15-21/h8-10,13-15H,6-7,11-12H2,1-5H3,(H,24,27). The number of amides is 2. The summed E-state index contributed by atoms with van der Waals surface area (Å²) in [4.78, 5) is 26.5. The van der Waals surface area contributed by atoms with Gasteiger partial charge in [0.05, 0.1) is 0 Å². The number of anilines is 2. The number of carbonyl (C=O) groups is 2. The molecule has 0 aromatic heterocycles. The predicted molar refractivity (Wildman–Crippen MR) is 112 cm³/mol. The van der Waals surface area contributed by atoms with Gasteiger partial charge in [-0.05, 0) is 61.1 Å². The van der Waals surface area contributed by atoms with Crippen molar-refractivity contribution in [3.8, 4) is 0 Å². The van der Waals surface area contributed by atoms with Crippen molar-refractivity contribution in [3.05, 3.63) is 58.7 Å². The average molecular weight is 367 g/mol. The first kappa shape index (κ1) is 20.7. The molecule has 0 radical (unpaired) electrons. The van der Waals surface area contributed by atoms with Crippen molar-refractivity contribution < 1.29 is 9.59 Å². The van der Waals surface area contributed by atoms with Crippen LogP contribution >= 0.6 is 0 Å². The van der Waals surface area contributed by atoms with Crippen molar-refractivity contribution in [1.29, 1.82) is 0 Å². The summed E-state index contributed by atoms with van der Waals surface area (Å²) in [7, 11) is 0. The minimum atomic E-state index is -0.0849. The second-order valence-electron chi connectivity index (χ2n) is 6.98. The van der Waals surface area contributed by atoms with Crippen LogP contribution in [0.2, 0.25) is 0 Å². The number of carbonyl (C=O) groups excluding carboxylic acids is 2. The number of hydrogen-bond acceptors (Lipinski definition) is 2. The normalized spacial score (nSPS) is 10.6. The number of nitrogens with zero attached hydrogens (tertiary/aromatic N) is 1. The van der Waals surface area contributed by atoms with E-state index in [-0.39, 0.29) is 18.2 Å². The molecule has 0 bridgehead atoms. The smallest absolute Gasteiger partial charge is 0.226 e. The number of rotatable bonds is 7. The Morgan fingerprint density at radius 1 is 0.963 bits per heavy atom. The summed E-state index contributed by atoms with van der Waals surface area (Å²) >= 11 is 0. The molecule has 2 aromatic carbocycles. The highest BCUT2D eigenvalue weighted by atomic mass is 16.2. The van der Waals surface area contributed by atoms with Crippen molar-refractivity contribution in [3.63, 3.8) is 0 Å². The first-order valence-electron chi connectivity index (χ1n) is 9.62. The molecule has 0 fully saturated rings. The summed E-state index contributed by atoms with van der Waals surface area (Å²) in [6.07, 6.45) is 1.96. The largest absolute Gasteiger partial charge is 0.326 e. The molecular formula is C23H30N2O2. The van der Waals surface area contributed by atoms with Crippen molar-refractivity contribution >= 4 is 23.2 Å². The second-order valence-corrected chi connectivity index (χ2v) is 6.98. The van der Waals surface area contributed by atoms with Crippen molar-refractivity contribution in [2.75, 3.05) is 16.8 Å². The van der Waals surface area contributed by atoms with E-state index in [1.54, 1.807) is 11.8 Å². The molecule has 0 aliphatic rings. The van der Waals surface area contributed by atoms with Gasteiger partial charge in [0, 0.05) is 31.3 Å². The topological polar surface area (TPSA) is 49.4 Å². The van der Waals surface area contributed by atoms with E-state index in [0.717, 1.165) is 46.5 Å². The molecule has 144 valence electrons. The molecule has 2 aromatic rings. The van der Waals surface area contributed by atoms with Crippen LogP contribution in [0.3, 0.4) is 0 Å². The fourth-order valence-corrected chi connectivity index (χ4v) is 3.47. The Bertz CT molecular complexity index is 785. The van der Waals surface area contributed by atoms with Gasteiger partial charge >= 0.3 is 0 Å². The Morgan fingerprint density at radius 3 is 2.00 bits per heavy atom. The summed E-state index contributed by atoms with van der Waals surface area (Å²) in [6.45, 7) is 10.1. The quantitative estimate of drug-likeness (QED) is 0.764. The summed E-state index contributed by atoms with van der Waals surface area (Å²) in [5, 5.41) is 2.95. The number of benzene rings is 2. The highest BCUT2D eigenvalue weighted by Crippen LogP contribution is 2.27. The Balaban J connectivity index is 2.16. The Morgan fingerprint density at radius 2 is 1.52 bits per heavy atom. The minimum absolute atomic E-state index is 0.0372. The average Bonchev–Trinajstić information content (AvgIpc) is 2.60. The van der Waals surface area contributed by atoms with Gasteiger partial charge in [-0.25, -0.2) is 0 Å². The van der Waals surface area contributed by atoms with Crippen LogP contribution in [0.4, 0.5) is 11.4 Å². The van der Waals surface area contributed by atoms with Crippen LogP contribution in [-0.2, 0) is 22.4 Å². The van der Waals surface area contributed by atoms with Gasteiger partial charge in [-0.2, -0.15) is 0 Å². The number of nitrogens with one attached hydrogen (secondary N) is 1. The third-order valence-corrected chi connectivity index (χ3v) is 4.68. The summed E-state index contributed by atoms with van der Waals surface area (Å²) in [6, 6.07) is 12.1. The van der Waals surface area contributed by atoms with Crippen LogP contribution < -0.4 is 10.2 Å². The van der Waals surface area contributed by atoms with Gasteiger partial charge in [-0.15, -0.1) is 0 Å². The summed E-state index contributed by atoms with van der Waals surface area (Å²) in [5.41, 5.74) is 6.27.